The first-order valence-corrected chi connectivity index (χ1v) is 5.09. The Labute approximate surface area is 98.7 Å². The normalized spacial score (nSPS) is 13.1. The third-order valence-electron chi connectivity index (χ3n) is 2.15. The maximum atomic E-state index is 11.7. The Hall–Kier alpha value is -2.24. The lowest BCUT2D eigenvalue weighted by Crippen LogP contribution is -2.35. The number of benzene rings is 1. The summed E-state index contributed by atoms with van der Waals surface area (Å²) in [5, 5.41) is 23.0. The summed E-state index contributed by atoms with van der Waals surface area (Å²) in [5.74, 6) is -0.113. The number of nitrogens with zero attached hydrogens (tertiary/aromatic N) is 1. The first-order chi connectivity index (χ1) is 8.02. The van der Waals surface area contributed by atoms with Crippen LogP contribution >= 0.6 is 0 Å². The minimum absolute atomic E-state index is 0.0588. The van der Waals surface area contributed by atoms with Gasteiger partial charge in [0.05, 0.1) is 0 Å². The van der Waals surface area contributed by atoms with Crippen molar-refractivity contribution in [1.82, 2.24) is 5.32 Å². The molecule has 0 fully saturated rings. The highest BCUT2D eigenvalue weighted by Crippen LogP contribution is 2.09. The van der Waals surface area contributed by atoms with E-state index in [1.165, 1.54) is 24.3 Å². The van der Waals surface area contributed by atoms with Gasteiger partial charge in [-0.15, -0.1) is 0 Å². The number of hydrogen-bond donors (Lipinski definition) is 4. The Kier molecular flexibility index (Phi) is 4.33. The molecule has 1 amide bonds. The zero-order valence-corrected chi connectivity index (χ0v) is 9.42. The molecule has 0 heterocycles. The molecule has 0 aliphatic heterocycles. The fourth-order valence-corrected chi connectivity index (χ4v) is 1.33. The van der Waals surface area contributed by atoms with Gasteiger partial charge in [0.15, 0.2) is 0 Å². The van der Waals surface area contributed by atoms with Crippen LogP contribution < -0.4 is 11.1 Å². The predicted molar refractivity (Wildman–Crippen MR) is 63.1 cm³/mol. The molecule has 92 valence electrons. The summed E-state index contributed by atoms with van der Waals surface area (Å²) < 4.78 is 0. The number of oxime groups is 1. The maximum Gasteiger partial charge on any atom is 0.251 e. The van der Waals surface area contributed by atoms with Crippen molar-refractivity contribution in [3.05, 3.63) is 29.8 Å². The van der Waals surface area contributed by atoms with Gasteiger partial charge in [0.25, 0.3) is 5.91 Å². The highest BCUT2D eigenvalue weighted by molar-refractivity contribution is 5.94. The summed E-state index contributed by atoms with van der Waals surface area (Å²) in [7, 11) is 0. The summed E-state index contributed by atoms with van der Waals surface area (Å²) in [6, 6.07) is 5.65. The molecule has 0 saturated carbocycles. The molecule has 1 unspecified atom stereocenters. The average molecular weight is 237 g/mol. The number of hydrogen-bond acceptors (Lipinski definition) is 4. The van der Waals surface area contributed by atoms with Gasteiger partial charge in [-0.2, -0.15) is 0 Å². The van der Waals surface area contributed by atoms with Crippen LogP contribution in [0.4, 0.5) is 0 Å². The molecular weight excluding hydrogens is 222 g/mol. The van der Waals surface area contributed by atoms with E-state index in [1.54, 1.807) is 6.92 Å². The van der Waals surface area contributed by atoms with E-state index >= 15 is 0 Å². The molecule has 1 rings (SSSR count). The Morgan fingerprint density at radius 2 is 2.06 bits per heavy atom. The van der Waals surface area contributed by atoms with Crippen LogP contribution in [0.2, 0.25) is 0 Å². The molecule has 0 spiro atoms. The van der Waals surface area contributed by atoms with Gasteiger partial charge in [-0.3, -0.25) is 4.79 Å². The van der Waals surface area contributed by atoms with Crippen LogP contribution in [0.3, 0.4) is 0 Å². The van der Waals surface area contributed by atoms with Gasteiger partial charge in [-0.05, 0) is 31.2 Å². The quantitative estimate of drug-likeness (QED) is 0.267. The van der Waals surface area contributed by atoms with E-state index in [2.05, 4.69) is 10.5 Å². The highest BCUT2D eigenvalue weighted by Gasteiger charge is 2.10. The van der Waals surface area contributed by atoms with Gasteiger partial charge in [-0.25, -0.2) is 0 Å². The molecule has 0 saturated heterocycles. The summed E-state index contributed by atoms with van der Waals surface area (Å²) in [5.41, 5.74) is 5.76. The fourth-order valence-electron chi connectivity index (χ4n) is 1.33. The third kappa shape index (κ3) is 4.02. The Morgan fingerprint density at radius 1 is 1.47 bits per heavy atom. The molecule has 5 N–H and O–H groups in total. The number of carbonyl (C=O) groups excluding carboxylic acids is 1. The van der Waals surface area contributed by atoms with Gasteiger partial charge < -0.3 is 21.4 Å². The van der Waals surface area contributed by atoms with Gasteiger partial charge >= 0.3 is 0 Å². The molecule has 1 aromatic rings. The zero-order chi connectivity index (χ0) is 12.8. The lowest BCUT2D eigenvalue weighted by molar-refractivity contribution is 0.0941. The lowest BCUT2D eigenvalue weighted by Gasteiger charge is -2.12. The van der Waals surface area contributed by atoms with Gasteiger partial charge in [-0.1, -0.05) is 5.16 Å². The smallest absolute Gasteiger partial charge is 0.251 e. The standard InChI is InChI=1S/C11H15N3O3/c1-7(6-10(12)14-17)13-11(16)8-2-4-9(15)5-3-8/h2-5,7,15,17H,6H2,1H3,(H2,12,14)(H,13,16). The monoisotopic (exact) mass is 237 g/mol. The maximum absolute atomic E-state index is 11.7. The van der Waals surface area contributed by atoms with Crippen LogP contribution in [0.25, 0.3) is 0 Å². The van der Waals surface area contributed by atoms with E-state index in [9.17, 15) is 4.79 Å². The molecule has 0 aromatic heterocycles. The largest absolute Gasteiger partial charge is 0.508 e. The van der Waals surface area contributed by atoms with Crippen molar-refractivity contribution in [2.24, 2.45) is 10.9 Å². The summed E-state index contributed by atoms with van der Waals surface area (Å²) in [6.07, 6.45) is 0.264. The predicted octanol–water partition coefficient (Wildman–Crippen LogP) is 0.647. The number of nitrogens with two attached hydrogens (primary N) is 1. The van der Waals surface area contributed by atoms with Crippen LogP contribution in [0.15, 0.2) is 29.4 Å². The van der Waals surface area contributed by atoms with Crippen molar-refractivity contribution in [3.8, 4) is 5.75 Å². The number of nitrogens with one attached hydrogen (secondary N) is 1. The SMILES string of the molecule is CC(CC(N)=NO)NC(=O)c1ccc(O)cc1. The summed E-state index contributed by atoms with van der Waals surface area (Å²) in [6.45, 7) is 1.75. The Bertz CT molecular complexity index is 414. The Balaban J connectivity index is 2.57. The second-order valence-electron chi connectivity index (χ2n) is 3.72. The van der Waals surface area contributed by atoms with E-state index in [0.29, 0.717) is 5.56 Å². The van der Waals surface area contributed by atoms with E-state index in [0.717, 1.165) is 0 Å². The molecule has 1 atom stereocenters. The van der Waals surface area contributed by atoms with Crippen molar-refractivity contribution in [2.45, 2.75) is 19.4 Å². The summed E-state index contributed by atoms with van der Waals surface area (Å²) in [4.78, 5) is 11.7. The van der Waals surface area contributed by atoms with Crippen LogP contribution in [-0.2, 0) is 0 Å². The van der Waals surface area contributed by atoms with E-state index < -0.39 is 0 Å². The minimum Gasteiger partial charge on any atom is -0.508 e. The van der Waals surface area contributed by atoms with Crippen molar-refractivity contribution < 1.29 is 15.1 Å². The number of phenolic OH excluding ortho intramolecular Hbond substituents is 1. The van der Waals surface area contributed by atoms with Gasteiger partial charge in [0, 0.05) is 18.0 Å². The Morgan fingerprint density at radius 3 is 2.59 bits per heavy atom. The van der Waals surface area contributed by atoms with Crippen molar-refractivity contribution in [3.63, 3.8) is 0 Å². The third-order valence-corrected chi connectivity index (χ3v) is 2.15. The molecule has 0 aliphatic rings. The van der Waals surface area contributed by atoms with Crippen molar-refractivity contribution >= 4 is 11.7 Å². The second-order valence-corrected chi connectivity index (χ2v) is 3.72. The number of aromatic hydroxyl groups is 1. The number of phenols is 1. The molecular formula is C11H15N3O3. The lowest BCUT2D eigenvalue weighted by atomic mass is 10.1. The number of amides is 1. The average Bonchev–Trinajstić information content (AvgIpc) is 2.29. The second kappa shape index (κ2) is 5.74. The number of amidine groups is 1. The zero-order valence-electron chi connectivity index (χ0n) is 9.42. The molecule has 6 nitrogen and oxygen atoms in total. The van der Waals surface area contributed by atoms with E-state index in [-0.39, 0.29) is 30.0 Å². The topological polar surface area (TPSA) is 108 Å². The molecule has 6 heteroatoms. The van der Waals surface area contributed by atoms with E-state index in [4.69, 9.17) is 16.0 Å². The first-order valence-electron chi connectivity index (χ1n) is 5.09. The first kappa shape index (κ1) is 12.8. The van der Waals surface area contributed by atoms with Gasteiger partial charge in [0.1, 0.15) is 11.6 Å². The fraction of sp³-hybridized carbons (Fsp3) is 0.273. The summed E-state index contributed by atoms with van der Waals surface area (Å²) >= 11 is 0. The van der Waals surface area contributed by atoms with Crippen LogP contribution in [0.5, 0.6) is 5.75 Å². The molecule has 17 heavy (non-hydrogen) atoms. The van der Waals surface area contributed by atoms with Crippen molar-refractivity contribution in [2.75, 3.05) is 0 Å². The van der Waals surface area contributed by atoms with Crippen LogP contribution in [0.1, 0.15) is 23.7 Å². The van der Waals surface area contributed by atoms with Crippen LogP contribution in [-0.4, -0.2) is 28.1 Å². The highest BCUT2D eigenvalue weighted by atomic mass is 16.4. The minimum atomic E-state index is -0.275. The van der Waals surface area contributed by atoms with E-state index in [1.807, 2.05) is 0 Å². The van der Waals surface area contributed by atoms with Crippen LogP contribution in [0, 0.1) is 0 Å². The molecule has 0 radical (unpaired) electrons. The molecule has 1 aromatic carbocycles. The van der Waals surface area contributed by atoms with Gasteiger partial charge in [0.2, 0.25) is 0 Å². The van der Waals surface area contributed by atoms with Crippen molar-refractivity contribution in [1.29, 1.82) is 0 Å². The number of carbonyl (C=O) groups is 1. The number of rotatable bonds is 4. The molecule has 0 aliphatic carbocycles. The molecule has 0 bridgehead atoms.